The molecule has 0 fully saturated rings. The third-order valence-corrected chi connectivity index (χ3v) is 2.90. The minimum atomic E-state index is -0.432. The highest BCUT2D eigenvalue weighted by molar-refractivity contribution is 6.20. The maximum atomic E-state index is 13.7. The van der Waals surface area contributed by atoms with Crippen molar-refractivity contribution in [2.45, 2.75) is 25.8 Å². The fourth-order valence-electron chi connectivity index (χ4n) is 1.94. The van der Waals surface area contributed by atoms with Crippen LogP contribution in [0.3, 0.4) is 0 Å². The third-order valence-electron chi connectivity index (χ3n) is 2.71. The number of nitrogens with zero attached hydrogens (tertiary/aromatic N) is 2. The fourth-order valence-corrected chi connectivity index (χ4v) is 2.10. The van der Waals surface area contributed by atoms with E-state index in [1.165, 1.54) is 6.07 Å². The van der Waals surface area contributed by atoms with E-state index >= 15 is 0 Å². The van der Waals surface area contributed by atoms with E-state index in [-0.39, 0.29) is 12.1 Å². The van der Waals surface area contributed by atoms with Crippen molar-refractivity contribution in [3.63, 3.8) is 0 Å². The molecule has 0 N–H and O–H groups in total. The number of para-hydroxylation sites is 1. The molecule has 0 aliphatic carbocycles. The van der Waals surface area contributed by atoms with E-state index in [1.807, 2.05) is 0 Å². The summed E-state index contributed by atoms with van der Waals surface area (Å²) >= 11 is 6.03. The van der Waals surface area contributed by atoms with E-state index in [4.69, 9.17) is 16.3 Å². The summed E-state index contributed by atoms with van der Waals surface area (Å²) in [5.41, 5.74) is 0.754. The summed E-state index contributed by atoms with van der Waals surface area (Å²) in [5, 5.41) is -0.429. The summed E-state index contributed by atoms with van der Waals surface area (Å²) in [6.45, 7) is 3.72. The van der Waals surface area contributed by atoms with Crippen molar-refractivity contribution in [2.75, 3.05) is 6.61 Å². The van der Waals surface area contributed by atoms with Gasteiger partial charge in [0, 0.05) is 0 Å². The first-order valence-corrected chi connectivity index (χ1v) is 6.42. The number of ether oxygens (including phenoxy) is 1. The van der Waals surface area contributed by atoms with E-state index in [2.05, 4.69) is 4.98 Å². The smallest absolute Gasteiger partial charge is 0.326 e. The Hall–Kier alpha value is -1.62. The molecule has 1 aromatic carbocycles. The Morgan fingerprint density at radius 3 is 2.95 bits per heavy atom. The monoisotopic (exact) mass is 284 g/mol. The molecule has 2 rings (SSSR count). The van der Waals surface area contributed by atoms with E-state index in [0.717, 1.165) is 0 Å². The number of halogens is 2. The molecule has 1 aromatic heterocycles. The number of aromatic nitrogens is 2. The molecule has 0 spiro atoms. The van der Waals surface area contributed by atoms with Gasteiger partial charge in [0.1, 0.15) is 17.9 Å². The zero-order chi connectivity index (χ0) is 14.0. The molecule has 0 aliphatic heterocycles. The van der Waals surface area contributed by atoms with Crippen LogP contribution in [-0.2, 0) is 16.1 Å². The summed E-state index contributed by atoms with van der Waals surface area (Å²) < 4.78 is 20.2. The van der Waals surface area contributed by atoms with E-state index in [0.29, 0.717) is 17.9 Å². The second-order valence-electron chi connectivity index (χ2n) is 4.08. The first-order chi connectivity index (χ1) is 9.04. The van der Waals surface area contributed by atoms with E-state index in [1.54, 1.807) is 30.5 Å². The molecule has 19 heavy (non-hydrogen) atoms. The number of imidazole rings is 1. The fraction of sp³-hybridized carbons (Fsp3) is 0.385. The van der Waals surface area contributed by atoms with Crippen molar-refractivity contribution in [3.8, 4) is 0 Å². The summed E-state index contributed by atoms with van der Waals surface area (Å²) in [5.74, 6) is -0.377. The average molecular weight is 285 g/mol. The van der Waals surface area contributed by atoms with Gasteiger partial charge in [0.2, 0.25) is 0 Å². The third kappa shape index (κ3) is 2.71. The summed E-state index contributed by atoms with van der Waals surface area (Å²) in [6.07, 6.45) is 0. The van der Waals surface area contributed by atoms with Gasteiger partial charge in [0.05, 0.1) is 17.5 Å². The first kappa shape index (κ1) is 13.8. The second kappa shape index (κ2) is 5.57. The van der Waals surface area contributed by atoms with Crippen LogP contribution in [0, 0.1) is 5.82 Å². The highest BCUT2D eigenvalue weighted by Crippen LogP contribution is 2.26. The molecule has 0 radical (unpaired) electrons. The van der Waals surface area contributed by atoms with Gasteiger partial charge < -0.3 is 9.30 Å². The standard InChI is InChI=1S/C13H14ClFN2O2/c1-3-19-11(18)7-17-10-6-4-5-9(15)12(10)16-13(17)8(2)14/h4-6,8H,3,7H2,1-2H3. The van der Waals surface area contributed by atoms with Crippen LogP contribution in [0.1, 0.15) is 25.0 Å². The lowest BCUT2D eigenvalue weighted by atomic mass is 10.3. The largest absolute Gasteiger partial charge is 0.465 e. The Balaban J connectivity index is 2.52. The number of hydrogen-bond acceptors (Lipinski definition) is 3. The molecule has 4 nitrogen and oxygen atoms in total. The number of fused-ring (bicyclic) bond motifs is 1. The first-order valence-electron chi connectivity index (χ1n) is 5.99. The maximum absolute atomic E-state index is 13.7. The van der Waals surface area contributed by atoms with Crippen LogP contribution in [0.15, 0.2) is 18.2 Å². The van der Waals surface area contributed by atoms with Crippen LogP contribution in [0.4, 0.5) is 4.39 Å². The lowest BCUT2D eigenvalue weighted by molar-refractivity contribution is -0.143. The van der Waals surface area contributed by atoms with Gasteiger partial charge in [-0.3, -0.25) is 4.79 Å². The molecule has 0 bridgehead atoms. The predicted octanol–water partition coefficient (Wildman–Crippen LogP) is 3.04. The molecule has 0 aliphatic rings. The molecule has 6 heteroatoms. The van der Waals surface area contributed by atoms with Gasteiger partial charge in [0.15, 0.2) is 5.82 Å². The molecule has 0 amide bonds. The molecule has 0 saturated heterocycles. The molecule has 102 valence electrons. The molecule has 2 aromatic rings. The normalized spacial score (nSPS) is 12.6. The number of alkyl halides is 1. The number of benzene rings is 1. The Bertz CT molecular complexity index is 610. The minimum absolute atomic E-state index is 0.0276. The van der Waals surface area contributed by atoms with Crippen LogP contribution in [0.2, 0.25) is 0 Å². The van der Waals surface area contributed by atoms with Crippen molar-refractivity contribution < 1.29 is 13.9 Å². The topological polar surface area (TPSA) is 44.1 Å². The van der Waals surface area contributed by atoms with Crippen molar-refractivity contribution >= 4 is 28.6 Å². The number of esters is 1. The second-order valence-corrected chi connectivity index (χ2v) is 4.74. The Kier molecular flexibility index (Phi) is 4.04. The van der Waals surface area contributed by atoms with Crippen LogP contribution < -0.4 is 0 Å². The number of rotatable bonds is 4. The summed E-state index contributed by atoms with van der Waals surface area (Å²) in [4.78, 5) is 15.8. The zero-order valence-corrected chi connectivity index (χ0v) is 11.4. The predicted molar refractivity (Wildman–Crippen MR) is 70.6 cm³/mol. The Morgan fingerprint density at radius 1 is 1.58 bits per heavy atom. The Labute approximate surface area is 115 Å². The van der Waals surface area contributed by atoms with Gasteiger partial charge in [-0.15, -0.1) is 11.6 Å². The number of carbonyl (C=O) groups excluding carboxylic acids is 1. The average Bonchev–Trinajstić information content (AvgIpc) is 2.70. The SMILES string of the molecule is CCOC(=O)Cn1c(C(C)Cl)nc2c(F)cccc21. The highest BCUT2D eigenvalue weighted by Gasteiger charge is 2.19. The molecular weight excluding hydrogens is 271 g/mol. The summed E-state index contributed by atoms with van der Waals surface area (Å²) in [6, 6.07) is 4.60. The molecule has 1 heterocycles. The van der Waals surface area contributed by atoms with Crippen LogP contribution >= 0.6 is 11.6 Å². The molecule has 1 unspecified atom stereocenters. The highest BCUT2D eigenvalue weighted by atomic mass is 35.5. The molecule has 1 atom stereocenters. The number of hydrogen-bond donors (Lipinski definition) is 0. The van der Waals surface area contributed by atoms with Gasteiger partial charge in [-0.2, -0.15) is 0 Å². The van der Waals surface area contributed by atoms with Crippen LogP contribution in [-0.4, -0.2) is 22.1 Å². The van der Waals surface area contributed by atoms with Crippen molar-refractivity contribution in [2.24, 2.45) is 0 Å². The van der Waals surface area contributed by atoms with E-state index in [9.17, 15) is 9.18 Å². The quantitative estimate of drug-likeness (QED) is 0.640. The number of carbonyl (C=O) groups is 1. The Morgan fingerprint density at radius 2 is 2.32 bits per heavy atom. The zero-order valence-electron chi connectivity index (χ0n) is 10.7. The van der Waals surface area contributed by atoms with Gasteiger partial charge in [-0.05, 0) is 26.0 Å². The van der Waals surface area contributed by atoms with Crippen molar-refractivity contribution in [1.29, 1.82) is 0 Å². The minimum Gasteiger partial charge on any atom is -0.465 e. The van der Waals surface area contributed by atoms with Crippen molar-refractivity contribution in [1.82, 2.24) is 9.55 Å². The van der Waals surface area contributed by atoms with Gasteiger partial charge >= 0.3 is 5.97 Å². The maximum Gasteiger partial charge on any atom is 0.326 e. The van der Waals surface area contributed by atoms with Crippen molar-refractivity contribution in [3.05, 3.63) is 29.8 Å². The molecular formula is C13H14ClFN2O2. The lowest BCUT2D eigenvalue weighted by Crippen LogP contribution is -2.15. The van der Waals surface area contributed by atoms with E-state index < -0.39 is 17.2 Å². The van der Waals surface area contributed by atoms with Crippen LogP contribution in [0.5, 0.6) is 0 Å². The molecule has 0 saturated carbocycles. The lowest BCUT2D eigenvalue weighted by Gasteiger charge is -2.09. The summed E-state index contributed by atoms with van der Waals surface area (Å²) in [7, 11) is 0. The van der Waals surface area contributed by atoms with Gasteiger partial charge in [-0.25, -0.2) is 9.37 Å². The van der Waals surface area contributed by atoms with Gasteiger partial charge in [0.25, 0.3) is 0 Å². The van der Waals surface area contributed by atoms with Crippen LogP contribution in [0.25, 0.3) is 11.0 Å². The van der Waals surface area contributed by atoms with Gasteiger partial charge in [-0.1, -0.05) is 6.07 Å².